The van der Waals surface area contributed by atoms with Gasteiger partial charge < -0.3 is 10.0 Å². The average Bonchev–Trinajstić information content (AvgIpc) is 3.07. The van der Waals surface area contributed by atoms with Crippen molar-refractivity contribution < 1.29 is 9.90 Å². The number of carbonyl (C=O) groups excluding carboxylic acids is 1. The molecule has 1 aromatic heterocycles. The molecule has 0 radical (unpaired) electrons. The van der Waals surface area contributed by atoms with Gasteiger partial charge in [0, 0.05) is 30.1 Å². The Bertz CT molecular complexity index is 488. The van der Waals surface area contributed by atoms with Crippen LogP contribution in [0, 0.1) is 12.8 Å². The molecule has 110 valence electrons. The third kappa shape index (κ3) is 2.74. The van der Waals surface area contributed by atoms with Crippen LogP contribution in [-0.2, 0) is 4.79 Å². The van der Waals surface area contributed by atoms with E-state index in [9.17, 15) is 9.90 Å². The first-order valence-corrected chi connectivity index (χ1v) is 8.42. The zero-order valence-corrected chi connectivity index (χ0v) is 12.7. The van der Waals surface area contributed by atoms with Crippen LogP contribution in [0.4, 0.5) is 0 Å². The Morgan fingerprint density at radius 2 is 2.25 bits per heavy atom. The summed E-state index contributed by atoms with van der Waals surface area (Å²) in [7, 11) is 0. The molecule has 0 spiro atoms. The fourth-order valence-corrected chi connectivity index (χ4v) is 4.33. The summed E-state index contributed by atoms with van der Waals surface area (Å²) in [4.78, 5) is 19.1. The molecule has 3 unspecified atom stereocenters. The van der Waals surface area contributed by atoms with Gasteiger partial charge in [0.15, 0.2) is 0 Å². The van der Waals surface area contributed by atoms with Gasteiger partial charge in [-0.05, 0) is 39.0 Å². The van der Waals surface area contributed by atoms with Crippen molar-refractivity contribution in [3.8, 4) is 0 Å². The molecule has 5 heteroatoms. The Kier molecular flexibility index (Phi) is 4.08. The molecule has 0 bridgehead atoms. The van der Waals surface area contributed by atoms with Gasteiger partial charge in [-0.25, -0.2) is 4.98 Å². The number of nitrogens with zero attached hydrogens (tertiary/aromatic N) is 2. The summed E-state index contributed by atoms with van der Waals surface area (Å²) in [6, 6.07) is 0. The van der Waals surface area contributed by atoms with E-state index in [4.69, 9.17) is 0 Å². The van der Waals surface area contributed by atoms with E-state index in [0.717, 1.165) is 55.9 Å². The Morgan fingerprint density at radius 3 is 2.90 bits per heavy atom. The molecule has 3 atom stereocenters. The Morgan fingerprint density at radius 1 is 1.40 bits per heavy atom. The van der Waals surface area contributed by atoms with Crippen molar-refractivity contribution in [3.63, 3.8) is 0 Å². The maximum atomic E-state index is 12.5. The highest BCUT2D eigenvalue weighted by Gasteiger charge is 2.36. The van der Waals surface area contributed by atoms with Crippen LogP contribution in [0.3, 0.4) is 0 Å². The summed E-state index contributed by atoms with van der Waals surface area (Å²) in [5.74, 6) is 0.379. The van der Waals surface area contributed by atoms with Crippen LogP contribution in [0.25, 0.3) is 0 Å². The molecule has 1 saturated carbocycles. The smallest absolute Gasteiger partial charge is 0.228 e. The standard InChI is InChI=1S/C15H22N2O2S/c1-10-9-20-14(16-10)11-4-3-7-17(8-11)15(19)12-5-2-6-13(12)18/h9,11-13,18H,2-8H2,1H3. The second-order valence-electron chi connectivity index (χ2n) is 6.06. The van der Waals surface area contributed by atoms with E-state index in [1.54, 1.807) is 11.3 Å². The Labute approximate surface area is 123 Å². The van der Waals surface area contributed by atoms with Gasteiger partial charge in [0.25, 0.3) is 0 Å². The summed E-state index contributed by atoms with van der Waals surface area (Å²) in [6.07, 6.45) is 4.32. The number of piperidine rings is 1. The van der Waals surface area contributed by atoms with Crippen LogP contribution in [0.15, 0.2) is 5.38 Å². The lowest BCUT2D eigenvalue weighted by Gasteiger charge is -2.34. The number of amides is 1. The van der Waals surface area contributed by atoms with Gasteiger partial charge in [-0.3, -0.25) is 4.79 Å². The van der Waals surface area contributed by atoms with E-state index in [1.165, 1.54) is 0 Å². The number of hydrogen-bond acceptors (Lipinski definition) is 4. The minimum absolute atomic E-state index is 0.160. The van der Waals surface area contributed by atoms with Gasteiger partial charge >= 0.3 is 0 Å². The molecule has 0 aromatic carbocycles. The van der Waals surface area contributed by atoms with E-state index >= 15 is 0 Å². The number of likely N-dealkylation sites (tertiary alicyclic amines) is 1. The van der Waals surface area contributed by atoms with Crippen LogP contribution < -0.4 is 0 Å². The van der Waals surface area contributed by atoms with Gasteiger partial charge in [0.1, 0.15) is 0 Å². The summed E-state index contributed by atoms with van der Waals surface area (Å²) >= 11 is 1.70. The SMILES string of the molecule is Cc1csc(C2CCCN(C(=O)C3CCCC3O)C2)n1. The van der Waals surface area contributed by atoms with Crippen LogP contribution in [0.1, 0.15) is 48.7 Å². The van der Waals surface area contributed by atoms with Crippen LogP contribution in [-0.4, -0.2) is 40.1 Å². The first-order valence-electron chi connectivity index (χ1n) is 7.54. The molecule has 1 saturated heterocycles. The minimum atomic E-state index is -0.426. The molecule has 2 heterocycles. The normalized spacial score (nSPS) is 30.7. The first-order chi connectivity index (χ1) is 9.65. The molecule has 1 aliphatic heterocycles. The molecule has 2 aliphatic rings. The van der Waals surface area contributed by atoms with Crippen LogP contribution in [0.2, 0.25) is 0 Å². The highest BCUT2D eigenvalue weighted by atomic mass is 32.1. The number of hydrogen-bond donors (Lipinski definition) is 1. The molecular weight excluding hydrogens is 272 g/mol. The monoisotopic (exact) mass is 294 g/mol. The van der Waals surface area contributed by atoms with Crippen LogP contribution in [0.5, 0.6) is 0 Å². The zero-order valence-electron chi connectivity index (χ0n) is 11.9. The van der Waals surface area contributed by atoms with Gasteiger partial charge in [-0.2, -0.15) is 0 Å². The second-order valence-corrected chi connectivity index (χ2v) is 6.94. The quantitative estimate of drug-likeness (QED) is 0.910. The summed E-state index contributed by atoms with van der Waals surface area (Å²) in [6.45, 7) is 3.62. The van der Waals surface area contributed by atoms with Crippen molar-refractivity contribution in [2.45, 2.75) is 51.0 Å². The van der Waals surface area contributed by atoms with Crippen molar-refractivity contribution in [1.82, 2.24) is 9.88 Å². The average molecular weight is 294 g/mol. The van der Waals surface area contributed by atoms with Gasteiger partial charge in [-0.15, -0.1) is 11.3 Å². The predicted octanol–water partition coefficient (Wildman–Crippen LogP) is 2.32. The largest absolute Gasteiger partial charge is 0.392 e. The molecule has 1 N–H and O–H groups in total. The van der Waals surface area contributed by atoms with Gasteiger partial charge in [0.2, 0.25) is 5.91 Å². The lowest BCUT2D eigenvalue weighted by Crippen LogP contribution is -2.44. The molecule has 20 heavy (non-hydrogen) atoms. The van der Waals surface area contributed by atoms with Crippen molar-refractivity contribution in [3.05, 3.63) is 16.1 Å². The molecule has 1 aromatic rings. The number of rotatable bonds is 2. The maximum Gasteiger partial charge on any atom is 0.228 e. The summed E-state index contributed by atoms with van der Waals surface area (Å²) < 4.78 is 0. The number of aliphatic hydroxyl groups is 1. The Hall–Kier alpha value is -0.940. The van der Waals surface area contributed by atoms with E-state index in [1.807, 2.05) is 11.8 Å². The molecule has 2 fully saturated rings. The number of aryl methyl sites for hydroxylation is 1. The zero-order chi connectivity index (χ0) is 14.1. The van der Waals surface area contributed by atoms with E-state index in [-0.39, 0.29) is 11.8 Å². The molecular formula is C15H22N2O2S. The molecule has 4 nitrogen and oxygen atoms in total. The number of carbonyl (C=O) groups is 1. The fourth-order valence-electron chi connectivity index (χ4n) is 3.40. The maximum absolute atomic E-state index is 12.5. The summed E-state index contributed by atoms with van der Waals surface area (Å²) in [5, 5.41) is 13.2. The van der Waals surface area contributed by atoms with Gasteiger partial charge in [-0.1, -0.05) is 0 Å². The third-order valence-corrected chi connectivity index (χ3v) is 5.64. The minimum Gasteiger partial charge on any atom is -0.392 e. The van der Waals surface area contributed by atoms with E-state index in [2.05, 4.69) is 10.4 Å². The van der Waals surface area contributed by atoms with Crippen molar-refractivity contribution in [2.75, 3.05) is 13.1 Å². The third-order valence-electron chi connectivity index (χ3n) is 4.52. The Balaban J connectivity index is 1.67. The predicted molar refractivity (Wildman–Crippen MR) is 78.8 cm³/mol. The van der Waals surface area contributed by atoms with E-state index < -0.39 is 6.10 Å². The first kappa shape index (κ1) is 14.0. The van der Waals surface area contributed by atoms with E-state index in [0.29, 0.717) is 5.92 Å². The summed E-state index contributed by atoms with van der Waals surface area (Å²) in [5.41, 5.74) is 1.07. The lowest BCUT2D eigenvalue weighted by atomic mass is 9.96. The lowest BCUT2D eigenvalue weighted by molar-refractivity contribution is -0.139. The molecule has 3 rings (SSSR count). The van der Waals surface area contributed by atoms with Crippen molar-refractivity contribution >= 4 is 17.2 Å². The topological polar surface area (TPSA) is 53.4 Å². The van der Waals surface area contributed by atoms with Crippen molar-refractivity contribution in [2.24, 2.45) is 5.92 Å². The fraction of sp³-hybridized carbons (Fsp3) is 0.733. The highest BCUT2D eigenvalue weighted by molar-refractivity contribution is 7.09. The highest BCUT2D eigenvalue weighted by Crippen LogP contribution is 2.32. The number of aliphatic hydroxyl groups excluding tert-OH is 1. The molecule has 1 aliphatic carbocycles. The number of aromatic nitrogens is 1. The second kappa shape index (κ2) is 5.82. The number of thiazole rings is 1. The van der Waals surface area contributed by atoms with Gasteiger partial charge in [0.05, 0.1) is 17.0 Å². The van der Waals surface area contributed by atoms with Crippen LogP contribution >= 0.6 is 11.3 Å². The van der Waals surface area contributed by atoms with Crippen molar-refractivity contribution in [1.29, 1.82) is 0 Å². The molecule has 1 amide bonds.